The molecule has 6 rings (SSSR count). The van der Waals surface area contributed by atoms with E-state index < -0.39 is 24.0 Å². The van der Waals surface area contributed by atoms with Crippen LogP contribution in [0.15, 0.2) is 41.6 Å². The number of benzene rings is 1. The molecular weight excluding hydrogens is 412 g/mol. The van der Waals surface area contributed by atoms with Gasteiger partial charge in [-0.25, -0.2) is 27.5 Å². The van der Waals surface area contributed by atoms with Crippen LogP contribution in [0, 0.1) is 17.7 Å². The molecule has 31 heavy (non-hydrogen) atoms. The summed E-state index contributed by atoms with van der Waals surface area (Å²) in [5.41, 5.74) is -0.432. The Morgan fingerprint density at radius 1 is 1.16 bits per heavy atom. The van der Waals surface area contributed by atoms with Gasteiger partial charge in [-0.2, -0.15) is 0 Å². The maximum absolute atomic E-state index is 14.4. The van der Waals surface area contributed by atoms with Crippen molar-refractivity contribution < 1.29 is 17.6 Å². The van der Waals surface area contributed by atoms with E-state index in [9.17, 15) is 22.4 Å². The summed E-state index contributed by atoms with van der Waals surface area (Å²) in [4.78, 5) is 21.0. The summed E-state index contributed by atoms with van der Waals surface area (Å²) in [5, 5.41) is 3.50. The molecule has 162 valence electrons. The van der Waals surface area contributed by atoms with Crippen molar-refractivity contribution in [2.45, 2.75) is 44.4 Å². The average molecular weight is 432 g/mol. The van der Waals surface area contributed by atoms with Crippen LogP contribution in [0.25, 0.3) is 10.9 Å². The van der Waals surface area contributed by atoms with Crippen LogP contribution in [-0.4, -0.2) is 20.7 Å². The van der Waals surface area contributed by atoms with Gasteiger partial charge in [-0.1, -0.05) is 18.2 Å². The molecule has 2 bridgehead atoms. The lowest BCUT2D eigenvalue weighted by molar-refractivity contribution is -0.0183. The minimum Gasteiger partial charge on any atom is -0.365 e. The van der Waals surface area contributed by atoms with Crippen LogP contribution in [-0.2, 0) is 6.54 Å². The zero-order valence-corrected chi connectivity index (χ0v) is 16.4. The van der Waals surface area contributed by atoms with E-state index in [1.54, 1.807) is 10.8 Å². The molecule has 2 atom stereocenters. The maximum Gasteiger partial charge on any atom is 0.266 e. The van der Waals surface area contributed by atoms with Crippen LogP contribution < -0.4 is 10.9 Å². The number of aromatic nitrogens is 3. The van der Waals surface area contributed by atoms with E-state index in [0.29, 0.717) is 23.1 Å². The Kier molecular flexibility index (Phi) is 4.91. The van der Waals surface area contributed by atoms with Gasteiger partial charge in [0.05, 0.1) is 16.5 Å². The van der Waals surface area contributed by atoms with Crippen LogP contribution in [0.1, 0.15) is 42.9 Å². The molecule has 0 unspecified atom stereocenters. The first-order chi connectivity index (χ1) is 14.9. The lowest BCUT2D eigenvalue weighted by Crippen LogP contribution is -2.46. The molecule has 1 aromatic carbocycles. The number of halogens is 4. The standard InChI is InChI=1S/C22H20F4N4O/c23-16-6-18(13-4-12(16)5-13)30-9-15-17(7-19(30)31)28-10-29-22(15)27-8-11-2-1-3-14(20(11)24)21(25)26/h1-3,7,9-10,12-13,16,18,21H,4-6,8H2,(H,27,28,29)/t12?,13?,16-,18+/m1/s1. The van der Waals surface area contributed by atoms with Crippen molar-refractivity contribution >= 4 is 16.7 Å². The van der Waals surface area contributed by atoms with Gasteiger partial charge in [0.15, 0.2) is 0 Å². The van der Waals surface area contributed by atoms with Gasteiger partial charge in [0.25, 0.3) is 12.0 Å². The Morgan fingerprint density at radius 2 is 1.97 bits per heavy atom. The number of alkyl halides is 3. The minimum absolute atomic E-state index is 0.0715. The fourth-order valence-corrected chi connectivity index (χ4v) is 4.80. The van der Waals surface area contributed by atoms with Gasteiger partial charge < -0.3 is 9.88 Å². The Balaban J connectivity index is 1.47. The predicted molar refractivity (Wildman–Crippen MR) is 107 cm³/mol. The average Bonchev–Trinajstić information content (AvgIpc) is 2.71. The van der Waals surface area contributed by atoms with E-state index in [-0.39, 0.29) is 35.5 Å². The van der Waals surface area contributed by atoms with Crippen molar-refractivity contribution in [1.29, 1.82) is 0 Å². The van der Waals surface area contributed by atoms with Crippen LogP contribution in [0.4, 0.5) is 23.4 Å². The number of fused-ring (bicyclic) bond motifs is 3. The summed E-state index contributed by atoms with van der Waals surface area (Å²) in [7, 11) is 0. The third-order valence-corrected chi connectivity index (χ3v) is 6.58. The Labute approximate surface area is 175 Å². The molecule has 3 aliphatic rings. The van der Waals surface area contributed by atoms with Crippen molar-refractivity contribution in [3.63, 3.8) is 0 Å². The summed E-state index contributed by atoms with van der Waals surface area (Å²) < 4.78 is 56.1. The molecule has 3 aliphatic carbocycles. The molecule has 2 heterocycles. The number of anilines is 1. The number of nitrogens with zero attached hydrogens (tertiary/aromatic N) is 3. The topological polar surface area (TPSA) is 59.8 Å². The molecule has 0 saturated heterocycles. The quantitative estimate of drug-likeness (QED) is 0.589. The Bertz CT molecular complexity index is 1190. The van der Waals surface area contributed by atoms with Gasteiger partial charge in [0, 0.05) is 30.4 Å². The summed E-state index contributed by atoms with van der Waals surface area (Å²) in [6, 6.07) is 5.02. The minimum atomic E-state index is -2.91. The summed E-state index contributed by atoms with van der Waals surface area (Å²) in [5.74, 6) is -0.230. The molecule has 3 saturated carbocycles. The Morgan fingerprint density at radius 3 is 2.71 bits per heavy atom. The highest BCUT2D eigenvalue weighted by atomic mass is 19.3. The van der Waals surface area contributed by atoms with Gasteiger partial charge in [-0.15, -0.1) is 0 Å². The van der Waals surface area contributed by atoms with Crippen molar-refractivity contribution in [3.8, 4) is 0 Å². The van der Waals surface area contributed by atoms with Gasteiger partial charge in [-0.3, -0.25) is 4.79 Å². The van der Waals surface area contributed by atoms with Crippen molar-refractivity contribution in [1.82, 2.24) is 14.5 Å². The molecule has 1 N–H and O–H groups in total. The first-order valence-corrected chi connectivity index (χ1v) is 10.2. The lowest BCUT2D eigenvalue weighted by atomic mass is 9.61. The number of nitrogens with one attached hydrogen (secondary N) is 1. The van der Waals surface area contributed by atoms with Crippen molar-refractivity contribution in [2.75, 3.05) is 5.32 Å². The third kappa shape index (κ3) is 3.45. The molecule has 5 nitrogen and oxygen atoms in total. The molecule has 9 heteroatoms. The van der Waals surface area contributed by atoms with Gasteiger partial charge in [0.2, 0.25) is 0 Å². The van der Waals surface area contributed by atoms with E-state index >= 15 is 0 Å². The highest BCUT2D eigenvalue weighted by Gasteiger charge is 2.47. The Hall–Kier alpha value is -2.97. The molecule has 0 aliphatic heterocycles. The molecule has 3 fully saturated rings. The van der Waals surface area contributed by atoms with Crippen molar-refractivity contribution in [2.24, 2.45) is 11.8 Å². The van der Waals surface area contributed by atoms with E-state index in [4.69, 9.17) is 0 Å². The largest absolute Gasteiger partial charge is 0.365 e. The van der Waals surface area contributed by atoms with Crippen molar-refractivity contribution in [3.05, 3.63) is 64.1 Å². The monoisotopic (exact) mass is 432 g/mol. The third-order valence-electron chi connectivity index (χ3n) is 6.58. The number of pyridine rings is 1. The smallest absolute Gasteiger partial charge is 0.266 e. The normalized spacial score (nSPS) is 24.9. The van der Waals surface area contributed by atoms with Crippen LogP contribution >= 0.6 is 0 Å². The number of hydrogen-bond acceptors (Lipinski definition) is 4. The number of rotatable bonds is 5. The van der Waals surface area contributed by atoms with Crippen LogP contribution in [0.3, 0.4) is 0 Å². The van der Waals surface area contributed by atoms with Gasteiger partial charge in [0.1, 0.15) is 24.1 Å². The summed E-state index contributed by atoms with van der Waals surface area (Å²) >= 11 is 0. The van der Waals surface area contributed by atoms with E-state index in [1.165, 1.54) is 24.5 Å². The van der Waals surface area contributed by atoms with Crippen LogP contribution in [0.2, 0.25) is 0 Å². The molecule has 0 amide bonds. The van der Waals surface area contributed by atoms with E-state index in [0.717, 1.165) is 18.9 Å². The lowest BCUT2D eigenvalue weighted by Gasteiger charge is -2.48. The zero-order valence-electron chi connectivity index (χ0n) is 16.4. The second-order valence-corrected chi connectivity index (χ2v) is 8.33. The predicted octanol–water partition coefficient (Wildman–Crippen LogP) is 4.79. The van der Waals surface area contributed by atoms with E-state index in [2.05, 4.69) is 15.3 Å². The summed E-state index contributed by atoms with van der Waals surface area (Å²) in [6.45, 7) is -0.0715. The van der Waals surface area contributed by atoms with Crippen LogP contribution in [0.5, 0.6) is 0 Å². The zero-order chi connectivity index (χ0) is 21.7. The molecule has 3 aromatic rings. The first kappa shape index (κ1) is 20.0. The first-order valence-electron chi connectivity index (χ1n) is 10.2. The fourth-order valence-electron chi connectivity index (χ4n) is 4.80. The number of hydrogen-bond donors (Lipinski definition) is 1. The fraction of sp³-hybridized carbons (Fsp3) is 0.409. The SMILES string of the molecule is O=c1cc2ncnc(NCc3cccc(C(F)F)c3F)c2cn1[C@H]1C[C@@H](F)C2CC1C2. The molecule has 2 aromatic heterocycles. The molecule has 0 spiro atoms. The van der Waals surface area contributed by atoms with Gasteiger partial charge >= 0.3 is 0 Å². The summed E-state index contributed by atoms with van der Waals surface area (Å²) in [6.07, 6.45) is 0.959. The molecular formula is C22H20F4N4O. The van der Waals surface area contributed by atoms with Gasteiger partial charge in [-0.05, 0) is 31.1 Å². The molecule has 0 radical (unpaired) electrons. The second-order valence-electron chi connectivity index (χ2n) is 8.33. The maximum atomic E-state index is 14.4. The van der Waals surface area contributed by atoms with E-state index in [1.807, 2.05) is 0 Å². The highest BCUT2D eigenvalue weighted by molar-refractivity contribution is 5.87. The highest BCUT2D eigenvalue weighted by Crippen LogP contribution is 2.52. The second kappa shape index (κ2) is 7.62.